The van der Waals surface area contributed by atoms with E-state index >= 15 is 0 Å². The van der Waals surface area contributed by atoms with Gasteiger partial charge >= 0.3 is 0 Å². The van der Waals surface area contributed by atoms with Gasteiger partial charge in [-0.25, -0.2) is 9.37 Å². The lowest BCUT2D eigenvalue weighted by atomic mass is 9.93. The van der Waals surface area contributed by atoms with Crippen molar-refractivity contribution in [1.82, 2.24) is 10.3 Å². The Morgan fingerprint density at radius 1 is 1.50 bits per heavy atom. The molecule has 1 aromatic heterocycles. The summed E-state index contributed by atoms with van der Waals surface area (Å²) in [5, 5.41) is 4.03. The monoisotopic (exact) mass is 371 g/mol. The molecular weight excluding hydrogens is 353 g/mol. The van der Waals surface area contributed by atoms with Crippen LogP contribution in [0.15, 0.2) is 12.1 Å². The molecule has 0 radical (unpaired) electrons. The molecule has 0 atom stereocenters. The van der Waals surface area contributed by atoms with Crippen molar-refractivity contribution in [2.75, 3.05) is 31.6 Å². The molecule has 24 heavy (non-hydrogen) atoms. The van der Waals surface area contributed by atoms with Crippen LogP contribution in [0, 0.1) is 0 Å². The Balaban J connectivity index is 1.76. The molecule has 1 N–H and O–H groups in total. The standard InChI is InChI=1S/C16H19ClFN3O2S/c1-10(22)19-9-16(18)5-7-21(8-6-16)15-20-13-12(23-2)4-3-11(17)14(13)24-15/h3-4H,5-9H2,1-2H3,(H,19,22). The molecule has 1 saturated heterocycles. The Morgan fingerprint density at radius 3 is 2.83 bits per heavy atom. The number of hydrogen-bond donors (Lipinski definition) is 1. The lowest BCUT2D eigenvalue weighted by Crippen LogP contribution is -2.48. The lowest BCUT2D eigenvalue weighted by molar-refractivity contribution is -0.119. The number of hydrogen-bond acceptors (Lipinski definition) is 5. The number of nitrogens with one attached hydrogen (secondary N) is 1. The highest BCUT2D eigenvalue weighted by Crippen LogP contribution is 2.40. The predicted octanol–water partition coefficient (Wildman–Crippen LogP) is 3.40. The molecule has 1 aliphatic rings. The highest BCUT2D eigenvalue weighted by Gasteiger charge is 2.35. The van der Waals surface area contributed by atoms with E-state index in [9.17, 15) is 9.18 Å². The van der Waals surface area contributed by atoms with Gasteiger partial charge in [0, 0.05) is 32.9 Å². The number of methoxy groups -OCH3 is 1. The van der Waals surface area contributed by atoms with Crippen LogP contribution >= 0.6 is 22.9 Å². The number of ether oxygens (including phenoxy) is 1. The average Bonchev–Trinajstić information content (AvgIpc) is 3.00. The van der Waals surface area contributed by atoms with E-state index in [1.807, 2.05) is 0 Å². The number of fused-ring (bicyclic) bond motifs is 1. The molecule has 1 amide bonds. The number of piperidine rings is 1. The van der Waals surface area contributed by atoms with Gasteiger partial charge in [-0.05, 0) is 12.1 Å². The van der Waals surface area contributed by atoms with Crippen LogP contribution in [0.25, 0.3) is 10.2 Å². The predicted molar refractivity (Wildman–Crippen MR) is 95.2 cm³/mol. The summed E-state index contributed by atoms with van der Waals surface area (Å²) in [5.41, 5.74) is -0.617. The summed E-state index contributed by atoms with van der Waals surface area (Å²) >= 11 is 7.74. The first-order valence-corrected chi connectivity index (χ1v) is 8.93. The fourth-order valence-corrected chi connectivity index (χ4v) is 4.11. The minimum Gasteiger partial charge on any atom is -0.494 e. The molecule has 2 heterocycles. The SMILES string of the molecule is COc1ccc(Cl)c2sc(N3CCC(F)(CNC(C)=O)CC3)nc12. The summed E-state index contributed by atoms with van der Waals surface area (Å²) in [4.78, 5) is 17.7. The van der Waals surface area contributed by atoms with E-state index in [1.165, 1.54) is 18.3 Å². The summed E-state index contributed by atoms with van der Waals surface area (Å²) in [6.45, 7) is 2.57. The van der Waals surface area contributed by atoms with Crippen LogP contribution < -0.4 is 15.0 Å². The van der Waals surface area contributed by atoms with Crippen molar-refractivity contribution in [2.45, 2.75) is 25.4 Å². The molecule has 0 aliphatic carbocycles. The summed E-state index contributed by atoms with van der Waals surface area (Å²) in [6, 6.07) is 3.59. The van der Waals surface area contributed by atoms with Crippen molar-refractivity contribution < 1.29 is 13.9 Å². The summed E-state index contributed by atoms with van der Waals surface area (Å²) in [5.74, 6) is 0.474. The molecular formula is C16H19ClFN3O2S. The highest BCUT2D eigenvalue weighted by molar-refractivity contribution is 7.22. The molecule has 1 aliphatic heterocycles. The first kappa shape index (κ1) is 17.2. The molecule has 0 bridgehead atoms. The first-order valence-electron chi connectivity index (χ1n) is 7.73. The zero-order chi connectivity index (χ0) is 17.3. The topological polar surface area (TPSA) is 54.5 Å². The fourth-order valence-electron chi connectivity index (χ4n) is 2.80. The van der Waals surface area contributed by atoms with E-state index in [-0.39, 0.29) is 12.5 Å². The number of alkyl halides is 1. The van der Waals surface area contributed by atoms with E-state index < -0.39 is 5.67 Å². The van der Waals surface area contributed by atoms with E-state index in [4.69, 9.17) is 16.3 Å². The average molecular weight is 372 g/mol. The van der Waals surface area contributed by atoms with Crippen molar-refractivity contribution in [2.24, 2.45) is 0 Å². The summed E-state index contributed by atoms with van der Waals surface area (Å²) in [7, 11) is 1.60. The van der Waals surface area contributed by atoms with Crippen LogP contribution in [-0.4, -0.2) is 43.3 Å². The second-order valence-electron chi connectivity index (χ2n) is 5.97. The summed E-state index contributed by atoms with van der Waals surface area (Å²) in [6.07, 6.45) is 0.710. The van der Waals surface area contributed by atoms with Crippen LogP contribution in [0.5, 0.6) is 5.75 Å². The van der Waals surface area contributed by atoms with E-state index in [0.29, 0.717) is 36.7 Å². The van der Waals surface area contributed by atoms with Gasteiger partial charge in [0.1, 0.15) is 16.9 Å². The molecule has 1 fully saturated rings. The number of carbonyl (C=O) groups excluding carboxylic acids is 1. The van der Waals surface area contributed by atoms with Gasteiger partial charge in [0.05, 0.1) is 23.4 Å². The molecule has 3 rings (SSSR count). The maximum atomic E-state index is 14.7. The summed E-state index contributed by atoms with van der Waals surface area (Å²) < 4.78 is 20.9. The number of carbonyl (C=O) groups is 1. The highest BCUT2D eigenvalue weighted by atomic mass is 35.5. The van der Waals surface area contributed by atoms with Crippen molar-refractivity contribution in [3.05, 3.63) is 17.2 Å². The molecule has 0 spiro atoms. The Bertz CT molecular complexity index is 759. The number of benzene rings is 1. The van der Waals surface area contributed by atoms with Crippen LogP contribution in [0.3, 0.4) is 0 Å². The Hall–Kier alpha value is -1.60. The van der Waals surface area contributed by atoms with Gasteiger partial charge < -0.3 is 15.0 Å². The number of halogens is 2. The minimum atomic E-state index is -1.35. The molecule has 2 aromatic rings. The van der Waals surface area contributed by atoms with Crippen LogP contribution in [-0.2, 0) is 4.79 Å². The molecule has 8 heteroatoms. The van der Waals surface area contributed by atoms with E-state index in [0.717, 1.165) is 15.3 Å². The van der Waals surface area contributed by atoms with Gasteiger partial charge in [-0.15, -0.1) is 0 Å². The van der Waals surface area contributed by atoms with E-state index in [1.54, 1.807) is 19.2 Å². The van der Waals surface area contributed by atoms with Gasteiger partial charge in [-0.1, -0.05) is 22.9 Å². The second-order valence-corrected chi connectivity index (χ2v) is 7.36. The van der Waals surface area contributed by atoms with Crippen molar-refractivity contribution in [3.8, 4) is 5.75 Å². The van der Waals surface area contributed by atoms with Crippen molar-refractivity contribution in [1.29, 1.82) is 0 Å². The normalized spacial score (nSPS) is 17.1. The third-order valence-electron chi connectivity index (χ3n) is 4.25. The minimum absolute atomic E-state index is 0.0651. The number of anilines is 1. The lowest BCUT2D eigenvalue weighted by Gasteiger charge is -2.36. The number of thiazole rings is 1. The smallest absolute Gasteiger partial charge is 0.216 e. The molecule has 0 unspecified atom stereocenters. The van der Waals surface area contributed by atoms with Gasteiger partial charge in [0.2, 0.25) is 5.91 Å². The molecule has 1 aromatic carbocycles. The number of aromatic nitrogens is 1. The van der Waals surface area contributed by atoms with Crippen molar-refractivity contribution in [3.63, 3.8) is 0 Å². The molecule has 130 valence electrons. The molecule has 5 nitrogen and oxygen atoms in total. The largest absolute Gasteiger partial charge is 0.494 e. The fraction of sp³-hybridized carbons (Fsp3) is 0.500. The van der Waals surface area contributed by atoms with Crippen LogP contribution in [0.2, 0.25) is 5.02 Å². The number of nitrogens with zero attached hydrogens (tertiary/aromatic N) is 2. The second kappa shape index (κ2) is 6.72. The van der Waals surface area contributed by atoms with Gasteiger partial charge in [-0.3, -0.25) is 4.79 Å². The number of rotatable bonds is 4. The first-order chi connectivity index (χ1) is 11.4. The van der Waals surface area contributed by atoms with Crippen LogP contribution in [0.1, 0.15) is 19.8 Å². The van der Waals surface area contributed by atoms with Gasteiger partial charge in [0.15, 0.2) is 5.13 Å². The third-order valence-corrected chi connectivity index (χ3v) is 5.83. The third kappa shape index (κ3) is 3.42. The van der Waals surface area contributed by atoms with Gasteiger partial charge in [-0.2, -0.15) is 0 Å². The Kier molecular flexibility index (Phi) is 4.83. The Morgan fingerprint density at radius 2 is 2.21 bits per heavy atom. The maximum absolute atomic E-state index is 14.7. The Labute approximate surface area is 148 Å². The number of amides is 1. The molecule has 0 saturated carbocycles. The van der Waals surface area contributed by atoms with Crippen molar-refractivity contribution >= 4 is 44.2 Å². The maximum Gasteiger partial charge on any atom is 0.216 e. The van der Waals surface area contributed by atoms with Crippen LogP contribution in [0.4, 0.5) is 9.52 Å². The quantitative estimate of drug-likeness (QED) is 0.894. The zero-order valence-electron chi connectivity index (χ0n) is 13.6. The van der Waals surface area contributed by atoms with Gasteiger partial charge in [0.25, 0.3) is 0 Å². The zero-order valence-corrected chi connectivity index (χ0v) is 15.1. The van der Waals surface area contributed by atoms with E-state index in [2.05, 4.69) is 15.2 Å².